The third-order valence-corrected chi connectivity index (χ3v) is 2.73. The predicted molar refractivity (Wildman–Crippen MR) is 51.1 cm³/mol. The highest BCUT2D eigenvalue weighted by molar-refractivity contribution is 6.29. The van der Waals surface area contributed by atoms with Gasteiger partial charge in [0, 0.05) is 13.0 Å². The van der Waals surface area contributed by atoms with Gasteiger partial charge in [-0.3, -0.25) is 0 Å². The van der Waals surface area contributed by atoms with E-state index in [0.29, 0.717) is 11.0 Å². The van der Waals surface area contributed by atoms with Crippen molar-refractivity contribution in [3.63, 3.8) is 0 Å². The molecule has 1 aromatic heterocycles. The minimum atomic E-state index is 0.105. The molecule has 1 atom stereocenters. The van der Waals surface area contributed by atoms with Crippen molar-refractivity contribution in [1.29, 1.82) is 0 Å². The number of rotatable bonds is 1. The van der Waals surface area contributed by atoms with Crippen molar-refractivity contribution in [3.05, 3.63) is 23.1 Å². The van der Waals surface area contributed by atoms with Gasteiger partial charge < -0.3 is 14.2 Å². The number of hydrogen-bond acceptors (Lipinski definition) is 4. The summed E-state index contributed by atoms with van der Waals surface area (Å²) in [4.78, 5) is 7.37. The first-order valence-corrected chi connectivity index (χ1v) is 4.98. The van der Waals surface area contributed by atoms with Gasteiger partial charge in [-0.1, -0.05) is 5.16 Å². The molecule has 1 saturated heterocycles. The molecule has 0 bridgehead atoms. The topological polar surface area (TPSA) is 38.0 Å². The number of amidine groups is 1. The lowest BCUT2D eigenvalue weighted by Gasteiger charge is -2.14. The SMILES string of the molecule is Clc1ccc(C2=NOC3CCCN23)o1. The first-order chi connectivity index (χ1) is 6.84. The van der Waals surface area contributed by atoms with Crippen LogP contribution in [0.2, 0.25) is 5.22 Å². The maximum Gasteiger partial charge on any atom is 0.214 e. The molecule has 0 spiro atoms. The molecule has 14 heavy (non-hydrogen) atoms. The summed E-state index contributed by atoms with van der Waals surface area (Å²) in [5.74, 6) is 1.44. The molecule has 1 unspecified atom stereocenters. The van der Waals surface area contributed by atoms with Crippen molar-refractivity contribution in [3.8, 4) is 0 Å². The van der Waals surface area contributed by atoms with Gasteiger partial charge in [0.05, 0.1) is 0 Å². The summed E-state index contributed by atoms with van der Waals surface area (Å²) >= 11 is 5.70. The van der Waals surface area contributed by atoms with Crippen LogP contribution in [0.1, 0.15) is 18.6 Å². The molecule has 1 aromatic rings. The average molecular weight is 213 g/mol. The molecular weight excluding hydrogens is 204 g/mol. The fourth-order valence-corrected chi connectivity index (χ4v) is 2.02. The Morgan fingerprint density at radius 1 is 1.50 bits per heavy atom. The monoisotopic (exact) mass is 212 g/mol. The molecule has 3 heterocycles. The standard InChI is InChI=1S/C9H9ClN2O2/c10-7-4-3-6(13-7)9-11-14-8-2-1-5-12(8)9/h3-4,8H,1-2,5H2. The van der Waals surface area contributed by atoms with Crippen LogP contribution in [0.5, 0.6) is 0 Å². The van der Waals surface area contributed by atoms with Crippen LogP contribution in [0.25, 0.3) is 0 Å². The summed E-state index contributed by atoms with van der Waals surface area (Å²) in [7, 11) is 0. The zero-order chi connectivity index (χ0) is 9.54. The van der Waals surface area contributed by atoms with Crippen molar-refractivity contribution in [2.45, 2.75) is 19.1 Å². The molecule has 0 radical (unpaired) electrons. The van der Waals surface area contributed by atoms with Gasteiger partial charge in [0.1, 0.15) is 0 Å². The summed E-state index contributed by atoms with van der Waals surface area (Å²) in [5, 5.41) is 4.37. The van der Waals surface area contributed by atoms with E-state index in [9.17, 15) is 0 Å². The molecule has 74 valence electrons. The minimum absolute atomic E-state index is 0.105. The third kappa shape index (κ3) is 1.10. The lowest BCUT2D eigenvalue weighted by Crippen LogP contribution is -2.30. The van der Waals surface area contributed by atoms with Gasteiger partial charge >= 0.3 is 0 Å². The van der Waals surface area contributed by atoms with Crippen molar-refractivity contribution in [1.82, 2.24) is 4.90 Å². The maximum absolute atomic E-state index is 5.70. The number of furan rings is 1. The highest BCUT2D eigenvalue weighted by Crippen LogP contribution is 2.28. The summed E-state index contributed by atoms with van der Waals surface area (Å²) < 4.78 is 5.29. The molecule has 5 heteroatoms. The normalized spacial score (nSPS) is 24.8. The van der Waals surface area contributed by atoms with Crippen LogP contribution in [-0.2, 0) is 4.84 Å². The lowest BCUT2D eigenvalue weighted by molar-refractivity contribution is 0.0329. The Morgan fingerprint density at radius 2 is 2.43 bits per heavy atom. The molecule has 2 aliphatic heterocycles. The van der Waals surface area contributed by atoms with E-state index in [1.807, 2.05) is 6.07 Å². The highest BCUT2D eigenvalue weighted by atomic mass is 35.5. The van der Waals surface area contributed by atoms with E-state index in [1.165, 1.54) is 0 Å². The Morgan fingerprint density at radius 3 is 3.21 bits per heavy atom. The van der Waals surface area contributed by atoms with Gasteiger partial charge in [-0.15, -0.1) is 0 Å². The number of nitrogens with zero attached hydrogens (tertiary/aromatic N) is 2. The van der Waals surface area contributed by atoms with Gasteiger partial charge in [0.15, 0.2) is 11.0 Å². The quantitative estimate of drug-likeness (QED) is 0.715. The molecule has 0 aromatic carbocycles. The van der Waals surface area contributed by atoms with E-state index >= 15 is 0 Å². The van der Waals surface area contributed by atoms with E-state index < -0.39 is 0 Å². The van der Waals surface area contributed by atoms with Crippen molar-refractivity contribution in [2.75, 3.05) is 6.54 Å². The van der Waals surface area contributed by atoms with E-state index in [-0.39, 0.29) is 6.23 Å². The summed E-state index contributed by atoms with van der Waals surface area (Å²) in [5.41, 5.74) is 0. The third-order valence-electron chi connectivity index (χ3n) is 2.52. The van der Waals surface area contributed by atoms with E-state index in [2.05, 4.69) is 10.1 Å². The lowest BCUT2D eigenvalue weighted by atomic mass is 10.4. The number of hydrogen-bond donors (Lipinski definition) is 0. The zero-order valence-corrected chi connectivity index (χ0v) is 8.20. The Balaban J connectivity index is 1.92. The molecule has 0 aliphatic carbocycles. The van der Waals surface area contributed by atoms with Crippen molar-refractivity contribution >= 4 is 17.4 Å². The van der Waals surface area contributed by atoms with Crippen LogP contribution in [0.4, 0.5) is 0 Å². The maximum atomic E-state index is 5.70. The molecule has 4 nitrogen and oxygen atoms in total. The highest BCUT2D eigenvalue weighted by Gasteiger charge is 2.36. The Labute approximate surface area is 86.1 Å². The summed E-state index contributed by atoms with van der Waals surface area (Å²) in [6.07, 6.45) is 2.27. The number of oxime groups is 1. The molecular formula is C9H9ClN2O2. The largest absolute Gasteiger partial charge is 0.441 e. The van der Waals surface area contributed by atoms with Crippen LogP contribution < -0.4 is 0 Å². The van der Waals surface area contributed by atoms with Gasteiger partial charge in [0.2, 0.25) is 12.1 Å². The van der Waals surface area contributed by atoms with Gasteiger partial charge in [-0.05, 0) is 30.2 Å². The number of fused-ring (bicyclic) bond motifs is 1. The van der Waals surface area contributed by atoms with Crippen LogP contribution in [0.15, 0.2) is 21.7 Å². The molecule has 3 rings (SSSR count). The number of halogens is 1. The van der Waals surface area contributed by atoms with Crippen LogP contribution >= 0.6 is 11.6 Å². The molecule has 0 N–H and O–H groups in total. The van der Waals surface area contributed by atoms with E-state index in [0.717, 1.165) is 25.2 Å². The Hall–Kier alpha value is -1.16. The first-order valence-electron chi connectivity index (χ1n) is 4.61. The molecule has 0 saturated carbocycles. The van der Waals surface area contributed by atoms with Gasteiger partial charge in [-0.2, -0.15) is 0 Å². The first kappa shape index (κ1) is 8.17. The average Bonchev–Trinajstić information content (AvgIpc) is 2.77. The second-order valence-corrected chi connectivity index (χ2v) is 3.79. The van der Waals surface area contributed by atoms with Crippen LogP contribution in [0.3, 0.4) is 0 Å². The second kappa shape index (κ2) is 2.92. The van der Waals surface area contributed by atoms with E-state index in [4.69, 9.17) is 20.9 Å². The van der Waals surface area contributed by atoms with E-state index in [1.54, 1.807) is 6.07 Å². The van der Waals surface area contributed by atoms with Crippen molar-refractivity contribution < 1.29 is 9.25 Å². The summed E-state index contributed by atoms with van der Waals surface area (Å²) in [6, 6.07) is 3.52. The Kier molecular flexibility index (Phi) is 1.70. The fraction of sp³-hybridized carbons (Fsp3) is 0.444. The zero-order valence-electron chi connectivity index (χ0n) is 7.44. The fourth-order valence-electron chi connectivity index (χ4n) is 1.87. The van der Waals surface area contributed by atoms with Crippen LogP contribution in [0, 0.1) is 0 Å². The molecule has 0 amide bonds. The van der Waals surface area contributed by atoms with Gasteiger partial charge in [0.25, 0.3) is 0 Å². The Bertz CT molecular complexity index is 388. The van der Waals surface area contributed by atoms with Gasteiger partial charge in [-0.25, -0.2) is 0 Å². The summed E-state index contributed by atoms with van der Waals surface area (Å²) in [6.45, 7) is 0.974. The predicted octanol–water partition coefficient (Wildman–Crippen LogP) is 2.05. The molecule has 2 aliphatic rings. The minimum Gasteiger partial charge on any atom is -0.441 e. The van der Waals surface area contributed by atoms with Crippen LogP contribution in [-0.4, -0.2) is 23.5 Å². The smallest absolute Gasteiger partial charge is 0.214 e. The van der Waals surface area contributed by atoms with Crippen molar-refractivity contribution in [2.24, 2.45) is 5.16 Å². The molecule has 1 fully saturated rings. The second-order valence-electron chi connectivity index (χ2n) is 3.41.